The number of rotatable bonds is 4. The number of carbonyl (C=O) groups is 1. The molecule has 0 amide bonds. The molecule has 0 N–H and O–H groups in total. The zero-order chi connectivity index (χ0) is 14.5. The lowest BCUT2D eigenvalue weighted by molar-refractivity contribution is 0.104. The van der Waals surface area contributed by atoms with Crippen molar-refractivity contribution in [3.05, 3.63) is 69.2 Å². The van der Waals surface area contributed by atoms with Gasteiger partial charge in [-0.25, -0.2) is 0 Å². The third-order valence-corrected chi connectivity index (χ3v) is 3.57. The molecule has 0 unspecified atom stereocenters. The number of hydrogen-bond donors (Lipinski definition) is 0. The van der Waals surface area contributed by atoms with Crippen molar-refractivity contribution in [2.75, 3.05) is 7.11 Å². The lowest BCUT2D eigenvalue weighted by atomic mass is 10.1. The minimum Gasteiger partial charge on any atom is -0.497 e. The predicted octanol–water partition coefficient (Wildman–Crippen LogP) is 4.97. The van der Waals surface area contributed by atoms with Gasteiger partial charge in [-0.2, -0.15) is 0 Å². The number of ether oxygens (including phenoxy) is 1. The number of methoxy groups -OCH3 is 1. The SMILES string of the molecule is COc1ccc(/C=C(\Br)C(=O)c2ccc(Cl)cc2)cc1. The minimum absolute atomic E-state index is 0.0857. The Balaban J connectivity index is 2.20. The first-order valence-electron chi connectivity index (χ1n) is 5.91. The molecule has 20 heavy (non-hydrogen) atoms. The van der Waals surface area contributed by atoms with Crippen LogP contribution in [0.1, 0.15) is 15.9 Å². The molecular formula is C16H12BrClO2. The van der Waals surface area contributed by atoms with E-state index in [-0.39, 0.29) is 5.78 Å². The average Bonchev–Trinajstić information content (AvgIpc) is 2.48. The molecule has 102 valence electrons. The van der Waals surface area contributed by atoms with Crippen molar-refractivity contribution >= 4 is 39.4 Å². The average molecular weight is 352 g/mol. The Hall–Kier alpha value is -1.58. The lowest BCUT2D eigenvalue weighted by Crippen LogP contribution is -1.98. The number of ketones is 1. The van der Waals surface area contributed by atoms with Crippen molar-refractivity contribution < 1.29 is 9.53 Å². The molecule has 0 bridgehead atoms. The maximum Gasteiger partial charge on any atom is 0.199 e. The molecule has 0 spiro atoms. The molecule has 0 aliphatic heterocycles. The Morgan fingerprint density at radius 3 is 2.25 bits per heavy atom. The normalized spacial score (nSPS) is 11.2. The summed E-state index contributed by atoms with van der Waals surface area (Å²) in [5.41, 5.74) is 1.51. The fourth-order valence-electron chi connectivity index (χ4n) is 1.65. The number of carbonyl (C=O) groups excluding carboxylic acids is 1. The molecule has 0 aliphatic rings. The van der Waals surface area contributed by atoms with Crippen molar-refractivity contribution in [2.45, 2.75) is 0 Å². The predicted molar refractivity (Wildman–Crippen MR) is 85.7 cm³/mol. The second-order valence-corrected chi connectivity index (χ2v) is 5.39. The van der Waals surface area contributed by atoms with E-state index in [1.54, 1.807) is 37.5 Å². The number of benzene rings is 2. The van der Waals surface area contributed by atoms with E-state index in [0.717, 1.165) is 11.3 Å². The summed E-state index contributed by atoms with van der Waals surface area (Å²) in [6.45, 7) is 0. The van der Waals surface area contributed by atoms with Crippen molar-refractivity contribution in [1.82, 2.24) is 0 Å². The molecule has 2 aromatic rings. The quantitative estimate of drug-likeness (QED) is 0.574. The maximum atomic E-state index is 12.2. The number of hydrogen-bond acceptors (Lipinski definition) is 2. The van der Waals surface area contributed by atoms with Gasteiger partial charge in [0.25, 0.3) is 0 Å². The molecule has 0 aliphatic carbocycles. The lowest BCUT2D eigenvalue weighted by Gasteiger charge is -2.02. The first-order valence-corrected chi connectivity index (χ1v) is 7.09. The molecule has 0 radical (unpaired) electrons. The molecule has 0 aromatic heterocycles. The Bertz CT molecular complexity index is 631. The number of Topliss-reactive ketones (excluding diaryl/α,β-unsaturated/α-hetero) is 1. The van der Waals surface area contributed by atoms with Crippen LogP contribution in [0.4, 0.5) is 0 Å². The summed E-state index contributed by atoms with van der Waals surface area (Å²) in [5, 5.41) is 0.608. The van der Waals surface area contributed by atoms with Crippen LogP contribution in [0.2, 0.25) is 5.02 Å². The Morgan fingerprint density at radius 1 is 1.10 bits per heavy atom. The van der Waals surface area contributed by atoms with Gasteiger partial charge in [0, 0.05) is 10.6 Å². The molecule has 0 saturated heterocycles. The third-order valence-electron chi connectivity index (χ3n) is 2.73. The van der Waals surface area contributed by atoms with Crippen molar-refractivity contribution in [2.24, 2.45) is 0 Å². The molecule has 2 aromatic carbocycles. The summed E-state index contributed by atoms with van der Waals surface area (Å²) in [6, 6.07) is 14.3. The van der Waals surface area contributed by atoms with Crippen LogP contribution < -0.4 is 4.74 Å². The van der Waals surface area contributed by atoms with Crippen LogP contribution in [-0.4, -0.2) is 12.9 Å². The van der Waals surface area contributed by atoms with Gasteiger partial charge in [0.2, 0.25) is 0 Å². The highest BCUT2D eigenvalue weighted by atomic mass is 79.9. The van der Waals surface area contributed by atoms with Gasteiger partial charge in [-0.3, -0.25) is 4.79 Å². The zero-order valence-electron chi connectivity index (χ0n) is 10.8. The van der Waals surface area contributed by atoms with Crippen LogP contribution in [-0.2, 0) is 0 Å². The molecule has 0 fully saturated rings. The number of allylic oxidation sites excluding steroid dienone is 1. The van der Waals surface area contributed by atoms with E-state index in [0.29, 0.717) is 15.1 Å². The van der Waals surface area contributed by atoms with Gasteiger partial charge in [0.1, 0.15) is 5.75 Å². The van der Waals surface area contributed by atoms with E-state index in [4.69, 9.17) is 16.3 Å². The fourth-order valence-corrected chi connectivity index (χ4v) is 2.27. The van der Waals surface area contributed by atoms with Crippen LogP contribution >= 0.6 is 27.5 Å². The van der Waals surface area contributed by atoms with Gasteiger partial charge in [-0.15, -0.1) is 0 Å². The van der Waals surface area contributed by atoms with E-state index in [1.165, 1.54) is 0 Å². The van der Waals surface area contributed by atoms with E-state index in [1.807, 2.05) is 24.3 Å². The largest absolute Gasteiger partial charge is 0.497 e. The van der Waals surface area contributed by atoms with E-state index >= 15 is 0 Å². The van der Waals surface area contributed by atoms with E-state index < -0.39 is 0 Å². The van der Waals surface area contributed by atoms with Crippen molar-refractivity contribution in [3.63, 3.8) is 0 Å². The van der Waals surface area contributed by atoms with Crippen LogP contribution in [0.15, 0.2) is 53.0 Å². The summed E-state index contributed by atoms with van der Waals surface area (Å²) in [7, 11) is 1.62. The van der Waals surface area contributed by atoms with Crippen LogP contribution in [0.5, 0.6) is 5.75 Å². The third kappa shape index (κ3) is 3.71. The van der Waals surface area contributed by atoms with Gasteiger partial charge < -0.3 is 4.74 Å². The molecule has 4 heteroatoms. The van der Waals surface area contributed by atoms with Gasteiger partial charge in [-0.1, -0.05) is 23.7 Å². The van der Waals surface area contributed by atoms with Crippen LogP contribution in [0.3, 0.4) is 0 Å². The Kier molecular flexibility index (Phi) is 4.99. The summed E-state index contributed by atoms with van der Waals surface area (Å²) >= 11 is 9.12. The van der Waals surface area contributed by atoms with Crippen LogP contribution in [0.25, 0.3) is 6.08 Å². The van der Waals surface area contributed by atoms with E-state index in [9.17, 15) is 4.79 Å². The smallest absolute Gasteiger partial charge is 0.199 e. The Morgan fingerprint density at radius 2 is 1.70 bits per heavy atom. The fraction of sp³-hybridized carbons (Fsp3) is 0.0625. The van der Waals surface area contributed by atoms with Crippen molar-refractivity contribution in [1.29, 1.82) is 0 Å². The molecule has 2 rings (SSSR count). The molecule has 0 saturated carbocycles. The minimum atomic E-state index is -0.0857. The first-order chi connectivity index (χ1) is 9.60. The first kappa shape index (κ1) is 14.8. The zero-order valence-corrected chi connectivity index (χ0v) is 13.1. The second-order valence-electron chi connectivity index (χ2n) is 4.10. The van der Waals surface area contributed by atoms with Gasteiger partial charge >= 0.3 is 0 Å². The van der Waals surface area contributed by atoms with E-state index in [2.05, 4.69) is 15.9 Å². The number of halogens is 2. The standard InChI is InChI=1S/C16H12BrClO2/c1-20-14-8-2-11(3-9-14)10-15(17)16(19)12-4-6-13(18)7-5-12/h2-10H,1H3/b15-10-. The summed E-state index contributed by atoms with van der Waals surface area (Å²) < 4.78 is 5.58. The maximum absolute atomic E-state index is 12.2. The summed E-state index contributed by atoms with van der Waals surface area (Å²) in [6.07, 6.45) is 1.77. The van der Waals surface area contributed by atoms with Crippen LogP contribution in [0, 0.1) is 0 Å². The van der Waals surface area contributed by atoms with Gasteiger partial charge in [-0.05, 0) is 64.0 Å². The molecule has 0 heterocycles. The molecule has 0 atom stereocenters. The summed E-state index contributed by atoms with van der Waals surface area (Å²) in [4.78, 5) is 12.2. The topological polar surface area (TPSA) is 26.3 Å². The molecule has 2 nitrogen and oxygen atoms in total. The summed E-state index contributed by atoms with van der Waals surface area (Å²) in [5.74, 6) is 0.694. The second kappa shape index (κ2) is 6.73. The highest BCUT2D eigenvalue weighted by Crippen LogP contribution is 2.20. The molecular weight excluding hydrogens is 340 g/mol. The van der Waals surface area contributed by atoms with Gasteiger partial charge in [0.05, 0.1) is 11.6 Å². The highest BCUT2D eigenvalue weighted by molar-refractivity contribution is 9.12. The monoisotopic (exact) mass is 350 g/mol. The van der Waals surface area contributed by atoms with Crippen molar-refractivity contribution in [3.8, 4) is 5.75 Å². The highest BCUT2D eigenvalue weighted by Gasteiger charge is 2.09. The Labute approximate surface area is 131 Å². The van der Waals surface area contributed by atoms with Gasteiger partial charge in [0.15, 0.2) is 5.78 Å².